The zero-order valence-electron chi connectivity index (χ0n) is 11.1. The fourth-order valence-corrected chi connectivity index (χ4v) is 3.32. The predicted octanol–water partition coefficient (Wildman–Crippen LogP) is 2.91. The number of anilines is 1. The van der Waals surface area contributed by atoms with Crippen LogP contribution in [-0.4, -0.2) is 16.8 Å². The maximum Gasteiger partial charge on any atom is 0.162 e. The van der Waals surface area contributed by atoms with Crippen LogP contribution < -0.4 is 5.32 Å². The molecule has 98 valence electrons. The van der Waals surface area contributed by atoms with Gasteiger partial charge in [-0.25, -0.2) is 4.98 Å². The summed E-state index contributed by atoms with van der Waals surface area (Å²) in [6.07, 6.45) is 1.23. The number of nitrogens with zero attached hydrogens (tertiary/aromatic N) is 1. The summed E-state index contributed by atoms with van der Waals surface area (Å²) in [4.78, 5) is 17.9. The quantitative estimate of drug-likeness (QED) is 0.934. The average molecular weight is 272 g/mol. The molecular weight excluding hydrogens is 256 g/mol. The number of aromatic nitrogens is 1. The maximum atomic E-state index is 12.3. The first kappa shape index (κ1) is 12.4. The van der Waals surface area contributed by atoms with E-state index in [1.54, 1.807) is 11.3 Å². The van der Waals surface area contributed by atoms with Crippen LogP contribution in [-0.2, 0) is 17.6 Å². The van der Waals surface area contributed by atoms with Gasteiger partial charge in [0.1, 0.15) is 5.01 Å². The van der Waals surface area contributed by atoms with E-state index in [4.69, 9.17) is 0 Å². The highest BCUT2D eigenvalue weighted by Gasteiger charge is 2.26. The lowest BCUT2D eigenvalue weighted by molar-refractivity contribution is -0.119. The van der Waals surface area contributed by atoms with Crippen LogP contribution >= 0.6 is 11.3 Å². The predicted molar refractivity (Wildman–Crippen MR) is 77.9 cm³/mol. The number of Topliss-reactive ketones (excluding diaryl/α,β-unsaturated/α-hetero) is 1. The molecule has 3 nitrogen and oxygen atoms in total. The van der Waals surface area contributed by atoms with Gasteiger partial charge in [-0.2, -0.15) is 0 Å². The molecule has 0 amide bonds. The Hall–Kier alpha value is -1.68. The van der Waals surface area contributed by atoms with Crippen molar-refractivity contribution in [1.29, 1.82) is 0 Å². The van der Waals surface area contributed by atoms with Crippen LogP contribution in [0.15, 0.2) is 24.3 Å². The summed E-state index contributed by atoms with van der Waals surface area (Å²) in [7, 11) is 0. The van der Waals surface area contributed by atoms with Crippen molar-refractivity contribution < 1.29 is 4.79 Å². The van der Waals surface area contributed by atoms with Crippen molar-refractivity contribution >= 4 is 22.8 Å². The van der Waals surface area contributed by atoms with Crippen molar-refractivity contribution in [2.75, 3.05) is 5.32 Å². The van der Waals surface area contributed by atoms with Crippen LogP contribution in [0.3, 0.4) is 0 Å². The molecule has 4 heteroatoms. The van der Waals surface area contributed by atoms with E-state index in [1.807, 2.05) is 32.0 Å². The van der Waals surface area contributed by atoms with Gasteiger partial charge in [-0.1, -0.05) is 18.2 Å². The molecule has 0 saturated carbocycles. The Bertz CT molecular complexity index is 588. The standard InChI is InChI=1S/C15H16N2OS/c1-9-10(2)19-15(16-9)8-14(18)13-7-11-5-3-4-6-12(11)17-13/h3-6,13,17H,7-8H2,1-2H3. The lowest BCUT2D eigenvalue weighted by Gasteiger charge is -2.08. The number of rotatable bonds is 3. The van der Waals surface area contributed by atoms with Gasteiger partial charge in [-0.05, 0) is 25.5 Å². The van der Waals surface area contributed by atoms with Crippen molar-refractivity contribution in [3.8, 4) is 0 Å². The number of hydrogen-bond donors (Lipinski definition) is 1. The third kappa shape index (κ3) is 2.40. The van der Waals surface area contributed by atoms with E-state index in [9.17, 15) is 4.79 Å². The molecule has 0 aliphatic carbocycles. The fourth-order valence-electron chi connectivity index (χ4n) is 2.38. The van der Waals surface area contributed by atoms with E-state index in [0.29, 0.717) is 6.42 Å². The van der Waals surface area contributed by atoms with Crippen molar-refractivity contribution in [2.24, 2.45) is 0 Å². The van der Waals surface area contributed by atoms with Crippen LogP contribution in [0.25, 0.3) is 0 Å². The summed E-state index contributed by atoms with van der Waals surface area (Å²) < 4.78 is 0. The van der Waals surface area contributed by atoms with Gasteiger partial charge >= 0.3 is 0 Å². The first-order chi connectivity index (χ1) is 9.13. The van der Waals surface area contributed by atoms with Gasteiger partial charge < -0.3 is 5.32 Å². The van der Waals surface area contributed by atoms with Gasteiger partial charge in [0.25, 0.3) is 0 Å². The highest BCUT2D eigenvalue weighted by Crippen LogP contribution is 2.26. The normalized spacial score (nSPS) is 17.1. The topological polar surface area (TPSA) is 42.0 Å². The van der Waals surface area contributed by atoms with Crippen LogP contribution in [0.5, 0.6) is 0 Å². The van der Waals surface area contributed by atoms with Gasteiger partial charge in [-0.15, -0.1) is 11.3 Å². The van der Waals surface area contributed by atoms with E-state index < -0.39 is 0 Å². The number of benzene rings is 1. The Morgan fingerprint density at radius 2 is 2.21 bits per heavy atom. The van der Waals surface area contributed by atoms with Gasteiger partial charge in [-0.3, -0.25) is 4.79 Å². The zero-order valence-corrected chi connectivity index (χ0v) is 11.9. The van der Waals surface area contributed by atoms with E-state index in [-0.39, 0.29) is 11.8 Å². The molecular formula is C15H16N2OS. The van der Waals surface area contributed by atoms with Crippen molar-refractivity contribution in [2.45, 2.75) is 32.7 Å². The summed E-state index contributed by atoms with van der Waals surface area (Å²) >= 11 is 1.63. The molecule has 19 heavy (non-hydrogen) atoms. The number of ketones is 1. The number of aryl methyl sites for hydroxylation is 2. The van der Waals surface area contributed by atoms with Crippen molar-refractivity contribution in [1.82, 2.24) is 4.98 Å². The smallest absolute Gasteiger partial charge is 0.162 e. The Balaban J connectivity index is 1.70. The van der Waals surface area contributed by atoms with Crippen LogP contribution in [0.1, 0.15) is 21.1 Å². The molecule has 1 aliphatic rings. The number of para-hydroxylation sites is 1. The fraction of sp³-hybridized carbons (Fsp3) is 0.333. The number of carbonyl (C=O) groups is 1. The maximum absolute atomic E-state index is 12.3. The monoisotopic (exact) mass is 272 g/mol. The first-order valence-electron chi connectivity index (χ1n) is 6.43. The average Bonchev–Trinajstić information content (AvgIpc) is 2.93. The van der Waals surface area contributed by atoms with Crippen LogP contribution in [0.2, 0.25) is 0 Å². The molecule has 1 aromatic carbocycles. The van der Waals surface area contributed by atoms with E-state index in [2.05, 4.69) is 16.4 Å². The molecule has 2 heterocycles. The Morgan fingerprint density at radius 1 is 1.42 bits per heavy atom. The Labute approximate surface area is 116 Å². The molecule has 1 N–H and O–H groups in total. The van der Waals surface area contributed by atoms with Crippen molar-refractivity contribution in [3.63, 3.8) is 0 Å². The number of nitrogens with one attached hydrogen (secondary N) is 1. The number of thiazole rings is 1. The van der Waals surface area contributed by atoms with E-state index in [1.165, 1.54) is 10.4 Å². The minimum atomic E-state index is -0.0955. The molecule has 0 radical (unpaired) electrons. The summed E-state index contributed by atoms with van der Waals surface area (Å²) in [5.41, 5.74) is 3.36. The molecule has 3 rings (SSSR count). The van der Waals surface area contributed by atoms with E-state index >= 15 is 0 Å². The van der Waals surface area contributed by atoms with Gasteiger partial charge in [0.15, 0.2) is 5.78 Å². The first-order valence-corrected chi connectivity index (χ1v) is 7.25. The lowest BCUT2D eigenvalue weighted by Crippen LogP contribution is -2.28. The third-order valence-electron chi connectivity index (χ3n) is 3.56. The number of carbonyl (C=O) groups excluding carboxylic acids is 1. The third-order valence-corrected chi connectivity index (χ3v) is 4.63. The second-order valence-corrected chi connectivity index (χ2v) is 6.24. The van der Waals surface area contributed by atoms with Crippen LogP contribution in [0.4, 0.5) is 5.69 Å². The number of fused-ring (bicyclic) bond motifs is 1. The molecule has 0 spiro atoms. The molecule has 0 saturated heterocycles. The Morgan fingerprint density at radius 3 is 2.89 bits per heavy atom. The lowest BCUT2D eigenvalue weighted by atomic mass is 10.1. The molecule has 1 aromatic heterocycles. The molecule has 2 aromatic rings. The van der Waals surface area contributed by atoms with Gasteiger partial charge in [0, 0.05) is 17.0 Å². The largest absolute Gasteiger partial charge is 0.375 e. The molecule has 1 atom stereocenters. The van der Waals surface area contributed by atoms with Gasteiger partial charge in [0.05, 0.1) is 18.2 Å². The number of hydrogen-bond acceptors (Lipinski definition) is 4. The van der Waals surface area contributed by atoms with Crippen molar-refractivity contribution in [3.05, 3.63) is 45.4 Å². The Kier molecular flexibility index (Phi) is 3.11. The van der Waals surface area contributed by atoms with E-state index in [0.717, 1.165) is 22.8 Å². The zero-order chi connectivity index (χ0) is 13.4. The second-order valence-electron chi connectivity index (χ2n) is 4.95. The molecule has 0 bridgehead atoms. The summed E-state index contributed by atoms with van der Waals surface area (Å²) in [6, 6.07) is 8.02. The molecule has 0 fully saturated rings. The second kappa shape index (κ2) is 4.78. The van der Waals surface area contributed by atoms with Crippen LogP contribution in [0, 0.1) is 13.8 Å². The van der Waals surface area contributed by atoms with Gasteiger partial charge in [0.2, 0.25) is 0 Å². The minimum absolute atomic E-state index is 0.0955. The summed E-state index contributed by atoms with van der Waals surface area (Å²) in [5.74, 6) is 0.227. The SMILES string of the molecule is Cc1nc(CC(=O)C2Cc3ccccc3N2)sc1C. The minimum Gasteiger partial charge on any atom is -0.375 e. The summed E-state index contributed by atoms with van der Waals surface area (Å²) in [6.45, 7) is 4.04. The highest BCUT2D eigenvalue weighted by atomic mass is 32.1. The summed E-state index contributed by atoms with van der Waals surface area (Å²) in [5, 5.41) is 4.23. The highest BCUT2D eigenvalue weighted by molar-refractivity contribution is 7.11. The molecule has 1 aliphatic heterocycles. The molecule has 1 unspecified atom stereocenters.